The minimum atomic E-state index is -3.85. The molecule has 0 saturated heterocycles. The molecule has 0 heterocycles. The first-order chi connectivity index (χ1) is 13.8. The van der Waals surface area contributed by atoms with Crippen LogP contribution in [0, 0.1) is 16.0 Å². The summed E-state index contributed by atoms with van der Waals surface area (Å²) in [5.74, 6) is 0.869. The second-order valence-corrected chi connectivity index (χ2v) is 8.23. The minimum Gasteiger partial charge on any atom is -0.396 e. The molecule has 4 N–H and O–H groups in total. The SMILES string of the molecule is CCCC(CCO)CN=C(NCC)NCCNS(=O)(=O)c1cccc([N+](=O)[O-])c1. The summed E-state index contributed by atoms with van der Waals surface area (Å²) in [7, 11) is -3.85. The first kappa shape index (κ1) is 24.8. The number of hydrogen-bond donors (Lipinski definition) is 4. The first-order valence-corrected chi connectivity index (χ1v) is 11.2. The first-order valence-electron chi connectivity index (χ1n) is 9.71. The lowest BCUT2D eigenvalue weighted by molar-refractivity contribution is -0.385. The Kier molecular flexibility index (Phi) is 11.2. The number of guanidine groups is 1. The number of nitrogens with zero attached hydrogens (tertiary/aromatic N) is 2. The Labute approximate surface area is 172 Å². The molecule has 0 aromatic heterocycles. The van der Waals surface area contributed by atoms with Gasteiger partial charge in [-0.25, -0.2) is 13.1 Å². The van der Waals surface area contributed by atoms with E-state index >= 15 is 0 Å². The third-order valence-electron chi connectivity index (χ3n) is 4.13. The van der Waals surface area contributed by atoms with E-state index in [2.05, 4.69) is 27.3 Å². The zero-order valence-electron chi connectivity index (χ0n) is 16.9. The van der Waals surface area contributed by atoms with Crippen LogP contribution < -0.4 is 15.4 Å². The van der Waals surface area contributed by atoms with Crippen LogP contribution in [0.4, 0.5) is 5.69 Å². The Morgan fingerprint density at radius 2 is 2.00 bits per heavy atom. The highest BCUT2D eigenvalue weighted by Crippen LogP contribution is 2.16. The van der Waals surface area contributed by atoms with Gasteiger partial charge in [0.25, 0.3) is 5.69 Å². The summed E-state index contributed by atoms with van der Waals surface area (Å²) in [6, 6.07) is 4.90. The molecule has 0 fully saturated rings. The predicted octanol–water partition coefficient (Wildman–Crippen LogP) is 1.23. The molecule has 0 amide bonds. The van der Waals surface area contributed by atoms with Crippen LogP contribution >= 0.6 is 0 Å². The van der Waals surface area contributed by atoms with E-state index in [0.29, 0.717) is 37.9 Å². The molecule has 1 aromatic carbocycles. The topological polar surface area (TPSA) is 146 Å². The average Bonchev–Trinajstić information content (AvgIpc) is 2.69. The largest absolute Gasteiger partial charge is 0.396 e. The average molecular weight is 430 g/mol. The lowest BCUT2D eigenvalue weighted by Gasteiger charge is -2.15. The maximum atomic E-state index is 12.3. The maximum absolute atomic E-state index is 12.3. The van der Waals surface area contributed by atoms with E-state index in [4.69, 9.17) is 5.11 Å². The highest BCUT2D eigenvalue weighted by Gasteiger charge is 2.17. The molecule has 1 atom stereocenters. The fraction of sp³-hybridized carbons (Fsp3) is 0.611. The van der Waals surface area contributed by atoms with Gasteiger partial charge in [0.1, 0.15) is 0 Å². The molecule has 0 aliphatic carbocycles. The van der Waals surface area contributed by atoms with Gasteiger partial charge in [0.15, 0.2) is 5.96 Å². The molecule has 0 bridgehead atoms. The maximum Gasteiger partial charge on any atom is 0.270 e. The van der Waals surface area contributed by atoms with Gasteiger partial charge in [-0.3, -0.25) is 15.1 Å². The van der Waals surface area contributed by atoms with Crippen molar-refractivity contribution in [3.63, 3.8) is 0 Å². The van der Waals surface area contributed by atoms with Crippen LogP contribution in [-0.4, -0.2) is 57.2 Å². The number of aliphatic imine (C=N–C) groups is 1. The number of sulfonamides is 1. The van der Waals surface area contributed by atoms with Gasteiger partial charge in [0, 0.05) is 44.9 Å². The van der Waals surface area contributed by atoms with Gasteiger partial charge in [-0.1, -0.05) is 19.4 Å². The summed E-state index contributed by atoms with van der Waals surface area (Å²) in [6.45, 7) is 5.75. The van der Waals surface area contributed by atoms with Crippen molar-refractivity contribution in [1.29, 1.82) is 0 Å². The molecular weight excluding hydrogens is 398 g/mol. The summed E-state index contributed by atoms with van der Waals surface area (Å²) in [5, 5.41) is 26.1. The summed E-state index contributed by atoms with van der Waals surface area (Å²) in [4.78, 5) is 14.5. The Bertz CT molecular complexity index is 764. The second-order valence-electron chi connectivity index (χ2n) is 6.47. The molecule has 0 aliphatic heterocycles. The fourth-order valence-electron chi connectivity index (χ4n) is 2.69. The quantitative estimate of drug-likeness (QED) is 0.121. The van der Waals surface area contributed by atoms with Crippen molar-refractivity contribution in [2.75, 3.05) is 32.8 Å². The van der Waals surface area contributed by atoms with Crippen molar-refractivity contribution in [2.24, 2.45) is 10.9 Å². The number of rotatable bonds is 13. The molecule has 0 spiro atoms. The van der Waals surface area contributed by atoms with E-state index < -0.39 is 14.9 Å². The van der Waals surface area contributed by atoms with Gasteiger partial charge in [-0.05, 0) is 31.7 Å². The predicted molar refractivity (Wildman–Crippen MR) is 112 cm³/mol. The second kappa shape index (κ2) is 13.1. The Balaban J connectivity index is 2.61. The van der Waals surface area contributed by atoms with E-state index in [0.717, 1.165) is 18.9 Å². The fourth-order valence-corrected chi connectivity index (χ4v) is 3.76. The number of nitro groups is 1. The van der Waals surface area contributed by atoms with Crippen molar-refractivity contribution in [1.82, 2.24) is 15.4 Å². The number of non-ortho nitro benzene ring substituents is 1. The molecule has 29 heavy (non-hydrogen) atoms. The molecule has 0 radical (unpaired) electrons. The summed E-state index contributed by atoms with van der Waals surface area (Å²) in [6.07, 6.45) is 2.69. The van der Waals surface area contributed by atoms with E-state index in [1.807, 2.05) is 6.92 Å². The molecule has 10 nitrogen and oxygen atoms in total. The van der Waals surface area contributed by atoms with Crippen molar-refractivity contribution < 1.29 is 18.4 Å². The van der Waals surface area contributed by atoms with Crippen LogP contribution in [0.5, 0.6) is 0 Å². The molecule has 1 rings (SSSR count). The Morgan fingerprint density at radius 1 is 1.24 bits per heavy atom. The van der Waals surface area contributed by atoms with E-state index in [1.165, 1.54) is 18.2 Å². The van der Waals surface area contributed by atoms with E-state index in [1.54, 1.807) is 0 Å². The number of benzene rings is 1. The monoisotopic (exact) mass is 429 g/mol. The third kappa shape index (κ3) is 9.20. The van der Waals surface area contributed by atoms with Crippen molar-refractivity contribution >= 4 is 21.7 Å². The third-order valence-corrected chi connectivity index (χ3v) is 5.59. The van der Waals surface area contributed by atoms with Gasteiger partial charge >= 0.3 is 0 Å². The van der Waals surface area contributed by atoms with Crippen LogP contribution in [0.2, 0.25) is 0 Å². The van der Waals surface area contributed by atoms with Crippen molar-refractivity contribution in [3.8, 4) is 0 Å². The molecule has 0 aliphatic rings. The van der Waals surface area contributed by atoms with Gasteiger partial charge in [-0.2, -0.15) is 0 Å². The van der Waals surface area contributed by atoms with Crippen LogP contribution in [-0.2, 0) is 10.0 Å². The number of aliphatic hydroxyl groups excluding tert-OH is 1. The van der Waals surface area contributed by atoms with Crippen LogP contribution in [0.3, 0.4) is 0 Å². The molecule has 164 valence electrons. The number of nitrogens with one attached hydrogen (secondary N) is 3. The molecule has 0 saturated carbocycles. The highest BCUT2D eigenvalue weighted by atomic mass is 32.2. The summed E-state index contributed by atoms with van der Waals surface area (Å²) < 4.78 is 27.0. The van der Waals surface area contributed by atoms with Gasteiger partial charge < -0.3 is 15.7 Å². The molecule has 11 heteroatoms. The van der Waals surface area contributed by atoms with Gasteiger partial charge in [0.2, 0.25) is 10.0 Å². The van der Waals surface area contributed by atoms with Crippen LogP contribution in [0.25, 0.3) is 0 Å². The zero-order chi connectivity index (χ0) is 21.7. The van der Waals surface area contributed by atoms with Gasteiger partial charge in [0.05, 0.1) is 9.82 Å². The number of hydrogen-bond acceptors (Lipinski definition) is 6. The number of aliphatic hydroxyl groups is 1. The van der Waals surface area contributed by atoms with Crippen LogP contribution in [0.1, 0.15) is 33.1 Å². The highest BCUT2D eigenvalue weighted by molar-refractivity contribution is 7.89. The van der Waals surface area contributed by atoms with E-state index in [-0.39, 0.29) is 23.7 Å². The summed E-state index contributed by atoms with van der Waals surface area (Å²) in [5.41, 5.74) is -0.280. The standard InChI is InChI=1S/C18H31N5O5S/c1-3-6-15(9-12-24)14-21-18(19-4-2)20-10-11-22-29(27,28)17-8-5-7-16(13-17)23(25)26/h5,7-8,13,15,22,24H,3-4,6,9-12,14H2,1-2H3,(H2,19,20,21). The molecule has 1 unspecified atom stereocenters. The zero-order valence-corrected chi connectivity index (χ0v) is 17.7. The lowest BCUT2D eigenvalue weighted by Crippen LogP contribution is -2.41. The normalized spacial score (nSPS) is 13.1. The van der Waals surface area contributed by atoms with E-state index in [9.17, 15) is 18.5 Å². The smallest absolute Gasteiger partial charge is 0.270 e. The Hall–Kier alpha value is -2.24. The molecule has 1 aromatic rings. The number of nitro benzene ring substituents is 1. The summed E-state index contributed by atoms with van der Waals surface area (Å²) >= 11 is 0. The minimum absolute atomic E-state index is 0.0878. The Morgan fingerprint density at radius 3 is 2.62 bits per heavy atom. The van der Waals surface area contributed by atoms with Crippen LogP contribution in [0.15, 0.2) is 34.2 Å². The lowest BCUT2D eigenvalue weighted by atomic mass is 10.0. The van der Waals surface area contributed by atoms with Crippen molar-refractivity contribution in [2.45, 2.75) is 38.0 Å². The molecular formula is C18H31N5O5S. The van der Waals surface area contributed by atoms with Crippen molar-refractivity contribution in [3.05, 3.63) is 34.4 Å². The van der Waals surface area contributed by atoms with Gasteiger partial charge in [-0.15, -0.1) is 0 Å².